The van der Waals surface area contributed by atoms with Crippen LogP contribution >= 0.6 is 0 Å². The molecule has 0 N–H and O–H groups in total. The van der Waals surface area contributed by atoms with Crippen molar-refractivity contribution in [3.8, 4) is 0 Å². The fourth-order valence-corrected chi connectivity index (χ4v) is 7.46. The summed E-state index contributed by atoms with van der Waals surface area (Å²) in [7, 11) is 0. The van der Waals surface area contributed by atoms with E-state index in [9.17, 15) is 0 Å². The van der Waals surface area contributed by atoms with Gasteiger partial charge in [0.15, 0.2) is 0 Å². The molecule has 0 amide bonds. The fraction of sp³-hybridized carbons (Fsp3) is 1.00. The summed E-state index contributed by atoms with van der Waals surface area (Å²) < 4.78 is 0. The van der Waals surface area contributed by atoms with Gasteiger partial charge in [-0.2, -0.15) is 0 Å². The Hall–Kier alpha value is 0. The molecule has 0 spiro atoms. The van der Waals surface area contributed by atoms with Crippen LogP contribution in [-0.4, -0.2) is 0 Å². The maximum atomic E-state index is 2.66. The molecule has 6 atom stereocenters. The minimum atomic E-state index is 0.719. The highest BCUT2D eigenvalue weighted by Crippen LogP contribution is 2.60. The second-order valence-electron chi connectivity index (χ2n) is 9.52. The molecule has 0 aliphatic heterocycles. The minimum absolute atomic E-state index is 0.719. The monoisotopic (exact) mass is 288 g/mol. The SMILES string of the molecule is CC1C2CCCCC2C2CCC(C3(C)CCCCC3)CC12. The van der Waals surface area contributed by atoms with E-state index in [0.717, 1.165) is 40.9 Å². The lowest BCUT2D eigenvalue weighted by molar-refractivity contribution is 0.0371. The Balaban J connectivity index is 1.49. The van der Waals surface area contributed by atoms with Crippen molar-refractivity contribution >= 4 is 0 Å². The second kappa shape index (κ2) is 5.57. The molecular weight excluding hydrogens is 252 g/mol. The number of rotatable bonds is 1. The summed E-state index contributed by atoms with van der Waals surface area (Å²) in [6.07, 6.45) is 18.6. The summed E-state index contributed by atoms with van der Waals surface area (Å²) >= 11 is 0. The first kappa shape index (κ1) is 14.6. The van der Waals surface area contributed by atoms with Crippen molar-refractivity contribution in [2.45, 2.75) is 90.9 Å². The molecule has 6 unspecified atom stereocenters. The van der Waals surface area contributed by atoms with Gasteiger partial charge in [-0.3, -0.25) is 0 Å². The van der Waals surface area contributed by atoms with Crippen LogP contribution in [0.2, 0.25) is 0 Å². The van der Waals surface area contributed by atoms with Crippen molar-refractivity contribution in [1.29, 1.82) is 0 Å². The summed E-state index contributed by atoms with van der Waals surface area (Å²) in [5.41, 5.74) is 0.719. The van der Waals surface area contributed by atoms with Crippen LogP contribution in [0, 0.1) is 40.9 Å². The van der Waals surface area contributed by atoms with E-state index in [1.54, 1.807) is 32.1 Å². The summed E-state index contributed by atoms with van der Waals surface area (Å²) in [4.78, 5) is 0. The van der Waals surface area contributed by atoms with Crippen LogP contribution in [0.25, 0.3) is 0 Å². The molecule has 4 aliphatic rings. The number of hydrogen-bond acceptors (Lipinski definition) is 0. The first-order valence-corrected chi connectivity index (χ1v) is 10.2. The van der Waals surface area contributed by atoms with Gasteiger partial charge in [0.2, 0.25) is 0 Å². The summed E-state index contributed by atoms with van der Waals surface area (Å²) in [6.45, 7) is 5.29. The van der Waals surface area contributed by atoms with E-state index in [1.165, 1.54) is 44.9 Å². The largest absolute Gasteiger partial charge is 0.0620 e. The molecule has 0 nitrogen and oxygen atoms in total. The molecule has 0 bridgehead atoms. The van der Waals surface area contributed by atoms with Crippen molar-refractivity contribution < 1.29 is 0 Å². The third kappa shape index (κ3) is 2.40. The molecule has 4 fully saturated rings. The average molecular weight is 289 g/mol. The standard InChI is InChI=1S/C21H36/c1-15-17-8-4-5-9-18(17)19-11-10-16(14-20(15)19)21(2)12-6-3-7-13-21/h15-20H,3-14H2,1-2H3. The molecule has 0 radical (unpaired) electrons. The van der Waals surface area contributed by atoms with Crippen LogP contribution in [0.3, 0.4) is 0 Å². The molecule has 0 saturated heterocycles. The molecule has 0 heteroatoms. The van der Waals surface area contributed by atoms with Crippen LogP contribution in [0.1, 0.15) is 90.9 Å². The van der Waals surface area contributed by atoms with Crippen LogP contribution in [0.15, 0.2) is 0 Å². The summed E-state index contributed by atoms with van der Waals surface area (Å²) in [6, 6.07) is 0. The van der Waals surface area contributed by atoms with Gasteiger partial charge in [0, 0.05) is 0 Å². The van der Waals surface area contributed by atoms with Crippen molar-refractivity contribution in [2.75, 3.05) is 0 Å². The van der Waals surface area contributed by atoms with E-state index in [-0.39, 0.29) is 0 Å². The van der Waals surface area contributed by atoms with Crippen molar-refractivity contribution in [3.05, 3.63) is 0 Å². The topological polar surface area (TPSA) is 0 Å². The van der Waals surface area contributed by atoms with Gasteiger partial charge in [-0.05, 0) is 85.9 Å². The molecule has 21 heavy (non-hydrogen) atoms. The lowest BCUT2D eigenvalue weighted by Crippen LogP contribution is -2.37. The predicted octanol–water partition coefficient (Wildman–Crippen LogP) is 6.45. The molecule has 4 saturated carbocycles. The van der Waals surface area contributed by atoms with Gasteiger partial charge in [-0.15, -0.1) is 0 Å². The van der Waals surface area contributed by atoms with E-state index < -0.39 is 0 Å². The van der Waals surface area contributed by atoms with Crippen LogP contribution in [0.5, 0.6) is 0 Å². The van der Waals surface area contributed by atoms with E-state index in [1.807, 2.05) is 0 Å². The minimum Gasteiger partial charge on any atom is -0.0620 e. The fourth-order valence-electron chi connectivity index (χ4n) is 7.46. The van der Waals surface area contributed by atoms with E-state index in [2.05, 4.69) is 13.8 Å². The third-order valence-corrected chi connectivity index (χ3v) is 8.71. The Morgan fingerprint density at radius 2 is 1.33 bits per heavy atom. The quantitative estimate of drug-likeness (QED) is 0.520. The zero-order valence-electron chi connectivity index (χ0n) is 14.4. The van der Waals surface area contributed by atoms with Gasteiger partial charge < -0.3 is 0 Å². The third-order valence-electron chi connectivity index (χ3n) is 8.71. The normalized spacial score (nSPS) is 49.4. The Labute approximate surface area is 132 Å². The smallest absolute Gasteiger partial charge is 0.0297 e. The zero-order valence-corrected chi connectivity index (χ0v) is 14.4. The molecular formula is C21H36. The molecule has 0 aromatic rings. The Bertz CT molecular complexity index is 364. The molecule has 120 valence electrons. The highest BCUT2D eigenvalue weighted by molar-refractivity contribution is 5.01. The van der Waals surface area contributed by atoms with Gasteiger partial charge in [-0.1, -0.05) is 46.0 Å². The van der Waals surface area contributed by atoms with Crippen LogP contribution in [-0.2, 0) is 0 Å². The molecule has 4 aliphatic carbocycles. The molecule has 4 rings (SSSR count). The maximum Gasteiger partial charge on any atom is -0.0297 e. The van der Waals surface area contributed by atoms with Gasteiger partial charge in [0.1, 0.15) is 0 Å². The van der Waals surface area contributed by atoms with Gasteiger partial charge in [-0.25, -0.2) is 0 Å². The Kier molecular flexibility index (Phi) is 3.87. The molecule has 0 heterocycles. The van der Waals surface area contributed by atoms with E-state index in [4.69, 9.17) is 0 Å². The number of hydrogen-bond donors (Lipinski definition) is 0. The Morgan fingerprint density at radius 1 is 0.667 bits per heavy atom. The lowest BCUT2D eigenvalue weighted by atomic mass is 9.59. The van der Waals surface area contributed by atoms with Gasteiger partial charge in [0.25, 0.3) is 0 Å². The highest BCUT2D eigenvalue weighted by atomic mass is 14.6. The highest BCUT2D eigenvalue weighted by Gasteiger charge is 2.52. The van der Waals surface area contributed by atoms with Gasteiger partial charge in [0.05, 0.1) is 0 Å². The number of fused-ring (bicyclic) bond motifs is 3. The van der Waals surface area contributed by atoms with Crippen molar-refractivity contribution in [2.24, 2.45) is 40.9 Å². The predicted molar refractivity (Wildman–Crippen MR) is 90.1 cm³/mol. The van der Waals surface area contributed by atoms with Crippen molar-refractivity contribution in [3.63, 3.8) is 0 Å². The average Bonchev–Trinajstić information content (AvgIpc) is 2.81. The van der Waals surface area contributed by atoms with Crippen LogP contribution in [0.4, 0.5) is 0 Å². The van der Waals surface area contributed by atoms with E-state index >= 15 is 0 Å². The lowest BCUT2D eigenvalue weighted by Gasteiger charge is -2.47. The summed E-state index contributed by atoms with van der Waals surface area (Å²) in [5.74, 6) is 6.62. The van der Waals surface area contributed by atoms with Gasteiger partial charge >= 0.3 is 0 Å². The Morgan fingerprint density at radius 3 is 2.10 bits per heavy atom. The zero-order chi connectivity index (χ0) is 14.4. The van der Waals surface area contributed by atoms with E-state index in [0.29, 0.717) is 0 Å². The van der Waals surface area contributed by atoms with Crippen LogP contribution < -0.4 is 0 Å². The molecule has 0 aromatic heterocycles. The first-order chi connectivity index (χ1) is 10.2. The van der Waals surface area contributed by atoms with Crippen molar-refractivity contribution in [1.82, 2.24) is 0 Å². The summed E-state index contributed by atoms with van der Waals surface area (Å²) in [5, 5.41) is 0. The second-order valence-corrected chi connectivity index (χ2v) is 9.52. The maximum absolute atomic E-state index is 2.66. The first-order valence-electron chi connectivity index (χ1n) is 10.2. The molecule has 0 aromatic carbocycles.